The molecule has 0 aliphatic heterocycles. The minimum Gasteiger partial charge on any atom is -0.549 e. The molecular formula is C7H10CaO4. The average molecular weight is 198 g/mol. The second kappa shape index (κ2) is 7.83. The molecule has 0 spiro atoms. The molecule has 0 aromatic carbocycles. The molecule has 0 heterocycles. The minimum atomic E-state index is -1.56. The predicted octanol–water partition coefficient (Wildman–Crippen LogP) is -2.09. The molecule has 64 valence electrons. The van der Waals surface area contributed by atoms with Crippen molar-refractivity contribution in [2.75, 3.05) is 0 Å². The van der Waals surface area contributed by atoms with Crippen molar-refractivity contribution in [1.29, 1.82) is 0 Å². The molecule has 0 N–H and O–H groups in total. The van der Waals surface area contributed by atoms with E-state index in [1.165, 1.54) is 0 Å². The maximum atomic E-state index is 10.1. The third-order valence-electron chi connectivity index (χ3n) is 1.42. The van der Waals surface area contributed by atoms with E-state index in [2.05, 4.69) is 0 Å². The van der Waals surface area contributed by atoms with Gasteiger partial charge in [-0.25, -0.2) is 0 Å². The van der Waals surface area contributed by atoms with Gasteiger partial charge in [-0.05, 0) is 6.42 Å². The topological polar surface area (TPSA) is 80.3 Å². The van der Waals surface area contributed by atoms with Gasteiger partial charge in [0.15, 0.2) is 0 Å². The van der Waals surface area contributed by atoms with Crippen LogP contribution in [0, 0.1) is 5.92 Å². The standard InChI is InChI=1S/C7H12O4.Ca/c1-2-3-4-5(6(8)9)7(10)11;/h5H,2-4H2,1H3,(H,8,9)(H,10,11);/q;+2/p-2. The van der Waals surface area contributed by atoms with Crippen molar-refractivity contribution in [2.45, 2.75) is 26.2 Å². The number of carboxylic acids is 2. The molecule has 0 aromatic rings. The fourth-order valence-corrected chi connectivity index (χ4v) is 0.740. The summed E-state index contributed by atoms with van der Waals surface area (Å²) in [6, 6.07) is 0. The molecule has 0 bridgehead atoms. The van der Waals surface area contributed by atoms with Gasteiger partial charge in [-0.1, -0.05) is 19.8 Å². The van der Waals surface area contributed by atoms with Crippen molar-refractivity contribution in [2.24, 2.45) is 5.92 Å². The fourth-order valence-electron chi connectivity index (χ4n) is 0.740. The van der Waals surface area contributed by atoms with E-state index in [0.717, 1.165) is 6.42 Å². The molecule has 0 aliphatic rings. The third kappa shape index (κ3) is 5.80. The van der Waals surface area contributed by atoms with Crippen LogP contribution in [-0.4, -0.2) is 49.7 Å². The Bertz CT molecular complexity index is 143. The van der Waals surface area contributed by atoms with Crippen LogP contribution in [0.3, 0.4) is 0 Å². The van der Waals surface area contributed by atoms with Crippen molar-refractivity contribution in [3.05, 3.63) is 0 Å². The summed E-state index contributed by atoms with van der Waals surface area (Å²) in [5, 5.41) is 20.2. The van der Waals surface area contributed by atoms with Crippen molar-refractivity contribution < 1.29 is 19.8 Å². The molecule has 0 fully saturated rings. The van der Waals surface area contributed by atoms with Crippen LogP contribution in [-0.2, 0) is 9.59 Å². The van der Waals surface area contributed by atoms with Crippen molar-refractivity contribution >= 4 is 49.7 Å². The molecular weight excluding hydrogens is 188 g/mol. The summed E-state index contributed by atoms with van der Waals surface area (Å²) in [6.07, 6.45) is 1.42. The van der Waals surface area contributed by atoms with Gasteiger partial charge in [0.25, 0.3) is 0 Å². The van der Waals surface area contributed by atoms with E-state index in [-0.39, 0.29) is 44.2 Å². The first-order chi connectivity index (χ1) is 5.09. The molecule has 0 unspecified atom stereocenters. The largest absolute Gasteiger partial charge is 2.00 e. The van der Waals surface area contributed by atoms with Crippen molar-refractivity contribution in [3.8, 4) is 0 Å². The van der Waals surface area contributed by atoms with E-state index in [1.54, 1.807) is 0 Å². The van der Waals surface area contributed by atoms with Crippen LogP contribution in [0.4, 0.5) is 0 Å². The minimum absolute atomic E-state index is 0. The van der Waals surface area contributed by atoms with Gasteiger partial charge in [0.1, 0.15) is 0 Å². The zero-order valence-corrected chi connectivity index (χ0v) is 9.25. The zero-order valence-electron chi connectivity index (χ0n) is 7.04. The van der Waals surface area contributed by atoms with Crippen LogP contribution < -0.4 is 10.2 Å². The van der Waals surface area contributed by atoms with Crippen LogP contribution >= 0.6 is 0 Å². The van der Waals surface area contributed by atoms with Gasteiger partial charge in [-0.15, -0.1) is 0 Å². The molecule has 0 radical (unpaired) electrons. The zero-order chi connectivity index (χ0) is 8.85. The number of carboxylic acid groups (broad SMARTS) is 2. The number of hydrogen-bond acceptors (Lipinski definition) is 4. The number of aliphatic carboxylic acids is 2. The monoisotopic (exact) mass is 198 g/mol. The Morgan fingerprint density at radius 3 is 1.92 bits per heavy atom. The number of rotatable bonds is 5. The maximum absolute atomic E-state index is 10.1. The molecule has 0 atom stereocenters. The van der Waals surface area contributed by atoms with Gasteiger partial charge in [0, 0.05) is 5.92 Å². The molecule has 0 aliphatic carbocycles. The summed E-state index contributed by atoms with van der Waals surface area (Å²) in [5.41, 5.74) is 0. The van der Waals surface area contributed by atoms with E-state index in [1.807, 2.05) is 6.92 Å². The Morgan fingerprint density at radius 2 is 1.67 bits per heavy atom. The van der Waals surface area contributed by atoms with Gasteiger partial charge < -0.3 is 19.8 Å². The Hall–Kier alpha value is 0.200. The van der Waals surface area contributed by atoms with Crippen LogP contribution in [0.1, 0.15) is 26.2 Å². The first kappa shape index (κ1) is 14.7. The summed E-state index contributed by atoms with van der Waals surface area (Å²) < 4.78 is 0. The van der Waals surface area contributed by atoms with Gasteiger partial charge in [-0.2, -0.15) is 0 Å². The van der Waals surface area contributed by atoms with E-state index in [9.17, 15) is 19.8 Å². The number of carbonyl (C=O) groups is 2. The smallest absolute Gasteiger partial charge is 0.549 e. The number of unbranched alkanes of at least 4 members (excludes halogenated alkanes) is 1. The molecule has 12 heavy (non-hydrogen) atoms. The van der Waals surface area contributed by atoms with Crippen LogP contribution in [0.2, 0.25) is 0 Å². The summed E-state index contributed by atoms with van der Waals surface area (Å²) in [6.45, 7) is 1.85. The molecule has 4 nitrogen and oxygen atoms in total. The Morgan fingerprint density at radius 1 is 1.25 bits per heavy atom. The maximum Gasteiger partial charge on any atom is 2.00 e. The quantitative estimate of drug-likeness (QED) is 0.375. The predicted molar refractivity (Wildman–Crippen MR) is 38.8 cm³/mol. The van der Waals surface area contributed by atoms with Crippen LogP contribution in [0.5, 0.6) is 0 Å². The Balaban J connectivity index is 0. The Labute approximate surface area is 101 Å². The first-order valence-corrected chi connectivity index (χ1v) is 3.51. The molecule has 0 amide bonds. The second-order valence-electron chi connectivity index (χ2n) is 2.33. The number of hydrogen-bond donors (Lipinski definition) is 0. The molecule has 5 heteroatoms. The van der Waals surface area contributed by atoms with Crippen molar-refractivity contribution in [3.63, 3.8) is 0 Å². The summed E-state index contributed by atoms with van der Waals surface area (Å²) in [7, 11) is 0. The number of carbonyl (C=O) groups excluding carboxylic acids is 2. The van der Waals surface area contributed by atoms with Crippen molar-refractivity contribution in [1.82, 2.24) is 0 Å². The molecule has 0 saturated heterocycles. The summed E-state index contributed by atoms with van der Waals surface area (Å²) in [5.74, 6) is -4.56. The molecule has 0 aromatic heterocycles. The average Bonchev–Trinajstić information content (AvgIpc) is 1.87. The van der Waals surface area contributed by atoms with E-state index < -0.39 is 17.9 Å². The van der Waals surface area contributed by atoms with Crippen LogP contribution in [0.25, 0.3) is 0 Å². The second-order valence-corrected chi connectivity index (χ2v) is 2.33. The van der Waals surface area contributed by atoms with Gasteiger partial charge >= 0.3 is 37.7 Å². The first-order valence-electron chi connectivity index (χ1n) is 3.51. The summed E-state index contributed by atoms with van der Waals surface area (Å²) in [4.78, 5) is 20.2. The van der Waals surface area contributed by atoms with E-state index in [0.29, 0.717) is 6.42 Å². The van der Waals surface area contributed by atoms with Gasteiger partial charge in [0.05, 0.1) is 11.9 Å². The van der Waals surface area contributed by atoms with Gasteiger partial charge in [0.2, 0.25) is 0 Å². The van der Waals surface area contributed by atoms with E-state index in [4.69, 9.17) is 0 Å². The molecule has 0 saturated carbocycles. The Kier molecular flexibility index (Phi) is 9.60. The third-order valence-corrected chi connectivity index (χ3v) is 1.42. The van der Waals surface area contributed by atoms with Gasteiger partial charge in [-0.3, -0.25) is 0 Å². The molecule has 0 rings (SSSR count). The SMILES string of the molecule is CCCCC(C(=O)[O-])C(=O)[O-].[Ca+2]. The fraction of sp³-hybridized carbons (Fsp3) is 0.714. The van der Waals surface area contributed by atoms with E-state index >= 15 is 0 Å². The normalized spacial score (nSPS) is 9.17. The van der Waals surface area contributed by atoms with Crippen LogP contribution in [0.15, 0.2) is 0 Å². The summed E-state index contributed by atoms with van der Waals surface area (Å²) >= 11 is 0.